The number of aliphatic hydroxyl groups is 1. The van der Waals surface area contributed by atoms with E-state index in [2.05, 4.69) is 0 Å². The van der Waals surface area contributed by atoms with Crippen LogP contribution < -0.4 is 4.90 Å². The summed E-state index contributed by atoms with van der Waals surface area (Å²) in [4.78, 5) is 27.4. The van der Waals surface area contributed by atoms with Crippen molar-refractivity contribution in [2.45, 2.75) is 33.0 Å². The Morgan fingerprint density at radius 3 is 2.24 bits per heavy atom. The molecule has 4 rings (SSSR count). The Balaban J connectivity index is 1.99. The molecule has 0 aliphatic carbocycles. The zero-order valence-corrected chi connectivity index (χ0v) is 18.8. The number of nitrogens with zero attached hydrogens (tertiary/aromatic N) is 1. The number of aliphatic hydroxyl groups excluding tert-OH is 1. The van der Waals surface area contributed by atoms with E-state index < -0.39 is 29.5 Å². The van der Waals surface area contributed by atoms with Gasteiger partial charge in [0.15, 0.2) is 0 Å². The molecule has 1 fully saturated rings. The second kappa shape index (κ2) is 8.48. The van der Waals surface area contributed by atoms with Crippen molar-refractivity contribution in [3.63, 3.8) is 0 Å². The third-order valence-electron chi connectivity index (χ3n) is 5.90. The van der Waals surface area contributed by atoms with E-state index in [4.69, 9.17) is 0 Å². The Bertz CT molecular complexity index is 1340. The van der Waals surface area contributed by atoms with Crippen molar-refractivity contribution in [1.29, 1.82) is 0 Å². The molecule has 1 saturated heterocycles. The fourth-order valence-corrected chi connectivity index (χ4v) is 4.22. The minimum Gasteiger partial charge on any atom is -0.507 e. The molecule has 1 heterocycles. The highest BCUT2D eigenvalue weighted by atomic mass is 19.4. The minimum absolute atomic E-state index is 0.0801. The van der Waals surface area contributed by atoms with Crippen LogP contribution in [0.5, 0.6) is 0 Å². The highest BCUT2D eigenvalue weighted by molar-refractivity contribution is 6.51. The summed E-state index contributed by atoms with van der Waals surface area (Å²) in [6, 6.07) is 15.5. The lowest BCUT2D eigenvalue weighted by Crippen LogP contribution is -2.29. The van der Waals surface area contributed by atoms with Gasteiger partial charge in [0.2, 0.25) is 0 Å². The second-order valence-corrected chi connectivity index (χ2v) is 8.45. The molecule has 0 spiro atoms. The molecule has 1 amide bonds. The van der Waals surface area contributed by atoms with Crippen LogP contribution in [-0.4, -0.2) is 16.8 Å². The van der Waals surface area contributed by atoms with Crippen molar-refractivity contribution in [2.24, 2.45) is 0 Å². The summed E-state index contributed by atoms with van der Waals surface area (Å²) in [6.45, 7) is 5.42. The molecule has 174 valence electrons. The molecule has 3 aromatic rings. The van der Waals surface area contributed by atoms with Gasteiger partial charge < -0.3 is 5.11 Å². The van der Waals surface area contributed by atoms with Crippen molar-refractivity contribution < 1.29 is 27.9 Å². The van der Waals surface area contributed by atoms with Crippen LogP contribution in [-0.2, 0) is 15.8 Å². The van der Waals surface area contributed by atoms with Crippen LogP contribution in [0.15, 0.2) is 72.3 Å². The number of ketones is 1. The number of carbonyl (C=O) groups is 2. The van der Waals surface area contributed by atoms with Gasteiger partial charge in [-0.1, -0.05) is 53.6 Å². The zero-order valence-electron chi connectivity index (χ0n) is 18.8. The van der Waals surface area contributed by atoms with Crippen molar-refractivity contribution >= 4 is 23.1 Å². The first-order valence-corrected chi connectivity index (χ1v) is 10.6. The van der Waals surface area contributed by atoms with Gasteiger partial charge in [0.05, 0.1) is 17.2 Å². The average Bonchev–Trinajstić information content (AvgIpc) is 3.05. The van der Waals surface area contributed by atoms with E-state index in [0.29, 0.717) is 16.7 Å². The number of anilines is 1. The number of alkyl halides is 3. The SMILES string of the molecule is Cc1cccc(C2/C(=C(\O)c3cc(C)ccc3C)C(=O)C(=O)N2c2cccc(C(F)(F)F)c2)c1. The molecule has 0 aromatic heterocycles. The average molecular weight is 465 g/mol. The molecule has 7 heteroatoms. The monoisotopic (exact) mass is 465 g/mol. The highest BCUT2D eigenvalue weighted by Gasteiger charge is 2.47. The quantitative estimate of drug-likeness (QED) is 0.282. The number of benzene rings is 3. The van der Waals surface area contributed by atoms with E-state index >= 15 is 0 Å². The molecular weight excluding hydrogens is 443 g/mol. The molecule has 1 aliphatic heterocycles. The predicted octanol–water partition coefficient (Wildman–Crippen LogP) is 6.26. The lowest BCUT2D eigenvalue weighted by atomic mass is 9.92. The topological polar surface area (TPSA) is 57.6 Å². The van der Waals surface area contributed by atoms with Gasteiger partial charge in [-0.25, -0.2) is 0 Å². The molecule has 1 N–H and O–H groups in total. The molecule has 3 aromatic carbocycles. The summed E-state index contributed by atoms with van der Waals surface area (Å²) in [5, 5.41) is 11.3. The predicted molar refractivity (Wildman–Crippen MR) is 123 cm³/mol. The van der Waals surface area contributed by atoms with Crippen molar-refractivity contribution in [1.82, 2.24) is 0 Å². The van der Waals surface area contributed by atoms with Gasteiger partial charge in [-0.3, -0.25) is 14.5 Å². The third kappa shape index (κ3) is 4.09. The van der Waals surface area contributed by atoms with Gasteiger partial charge in [-0.05, 0) is 56.2 Å². The zero-order chi connectivity index (χ0) is 24.8. The Morgan fingerprint density at radius 2 is 1.56 bits per heavy atom. The van der Waals surface area contributed by atoms with Gasteiger partial charge in [-0.2, -0.15) is 13.2 Å². The third-order valence-corrected chi connectivity index (χ3v) is 5.90. The van der Waals surface area contributed by atoms with Crippen LogP contribution in [0.25, 0.3) is 5.76 Å². The second-order valence-electron chi connectivity index (χ2n) is 8.45. The number of rotatable bonds is 3. The van der Waals surface area contributed by atoms with Crippen LogP contribution >= 0.6 is 0 Å². The normalized spacial score (nSPS) is 17.9. The standard InChI is InChI=1S/C27H22F3NO3/c1-15-6-4-7-18(12-15)23-22(24(32)21-13-16(2)10-11-17(21)3)25(33)26(34)31(23)20-9-5-8-19(14-20)27(28,29)30/h4-14,23,32H,1-3H3/b24-22+. The smallest absolute Gasteiger partial charge is 0.416 e. The van der Waals surface area contributed by atoms with E-state index in [1.54, 1.807) is 37.3 Å². The van der Waals surface area contributed by atoms with Gasteiger partial charge in [0.25, 0.3) is 11.7 Å². The van der Waals surface area contributed by atoms with Crippen molar-refractivity contribution in [3.8, 4) is 0 Å². The molecule has 34 heavy (non-hydrogen) atoms. The Morgan fingerprint density at radius 1 is 0.882 bits per heavy atom. The fraction of sp³-hybridized carbons (Fsp3) is 0.185. The summed E-state index contributed by atoms with van der Waals surface area (Å²) >= 11 is 0. The number of hydrogen-bond donors (Lipinski definition) is 1. The number of hydrogen-bond acceptors (Lipinski definition) is 3. The van der Waals surface area contributed by atoms with Gasteiger partial charge >= 0.3 is 6.18 Å². The summed E-state index contributed by atoms with van der Waals surface area (Å²) in [7, 11) is 0. The highest BCUT2D eigenvalue weighted by Crippen LogP contribution is 2.43. The molecular formula is C27H22F3NO3. The molecule has 1 atom stereocenters. The summed E-state index contributed by atoms with van der Waals surface area (Å²) < 4.78 is 40.2. The van der Waals surface area contributed by atoms with E-state index in [1.165, 1.54) is 12.1 Å². The van der Waals surface area contributed by atoms with Gasteiger partial charge in [0, 0.05) is 11.3 Å². The first-order valence-electron chi connectivity index (χ1n) is 10.6. The maximum absolute atomic E-state index is 13.4. The number of carbonyl (C=O) groups excluding carboxylic acids is 2. The van der Waals surface area contributed by atoms with E-state index in [1.807, 2.05) is 26.0 Å². The van der Waals surface area contributed by atoms with Crippen LogP contribution in [0, 0.1) is 20.8 Å². The Kier molecular flexibility index (Phi) is 5.81. The molecule has 4 nitrogen and oxygen atoms in total. The van der Waals surface area contributed by atoms with Gasteiger partial charge in [-0.15, -0.1) is 0 Å². The first kappa shape index (κ1) is 23.3. The van der Waals surface area contributed by atoms with Crippen molar-refractivity contribution in [3.05, 3.63) is 106 Å². The van der Waals surface area contributed by atoms with Crippen LogP contribution in [0.2, 0.25) is 0 Å². The van der Waals surface area contributed by atoms with Crippen LogP contribution in [0.3, 0.4) is 0 Å². The maximum atomic E-state index is 13.4. The number of aryl methyl sites for hydroxylation is 3. The Labute approximate surface area is 195 Å². The lowest BCUT2D eigenvalue weighted by molar-refractivity contribution is -0.137. The lowest BCUT2D eigenvalue weighted by Gasteiger charge is -2.26. The van der Waals surface area contributed by atoms with Crippen LogP contribution in [0.4, 0.5) is 18.9 Å². The first-order chi connectivity index (χ1) is 16.0. The van der Waals surface area contributed by atoms with Gasteiger partial charge in [0.1, 0.15) is 5.76 Å². The van der Waals surface area contributed by atoms with Crippen LogP contribution in [0.1, 0.15) is 39.4 Å². The van der Waals surface area contributed by atoms with E-state index in [9.17, 15) is 27.9 Å². The molecule has 0 radical (unpaired) electrons. The molecule has 1 aliphatic rings. The largest absolute Gasteiger partial charge is 0.507 e. The molecule has 1 unspecified atom stereocenters. The van der Waals surface area contributed by atoms with E-state index in [0.717, 1.165) is 28.2 Å². The summed E-state index contributed by atoms with van der Waals surface area (Å²) in [5.41, 5.74) is 2.07. The summed E-state index contributed by atoms with van der Waals surface area (Å²) in [5.74, 6) is -2.32. The maximum Gasteiger partial charge on any atom is 0.416 e. The number of amides is 1. The molecule has 0 bridgehead atoms. The van der Waals surface area contributed by atoms with E-state index in [-0.39, 0.29) is 17.0 Å². The Hall–Kier alpha value is -3.87. The number of Topliss-reactive ketones (excluding diaryl/α,β-unsaturated/α-hetero) is 1. The fourth-order valence-electron chi connectivity index (χ4n) is 4.22. The minimum atomic E-state index is -4.62. The van der Waals surface area contributed by atoms with Crippen molar-refractivity contribution in [2.75, 3.05) is 4.90 Å². The number of halogens is 3. The molecule has 0 saturated carbocycles. The summed E-state index contributed by atoms with van der Waals surface area (Å²) in [6.07, 6.45) is -4.62.